The molecule has 0 radical (unpaired) electrons. The van der Waals surface area contributed by atoms with Gasteiger partial charge < -0.3 is 9.52 Å². The summed E-state index contributed by atoms with van der Waals surface area (Å²) in [5, 5.41) is 12.5. The maximum atomic E-state index is 13.4. The van der Waals surface area contributed by atoms with E-state index in [1.807, 2.05) is 72.8 Å². The molecule has 10 heteroatoms. The summed E-state index contributed by atoms with van der Waals surface area (Å²) in [5.74, 6) is -0.674. The SMILES string of the molecule is O=C(CNC(CSCc1ccccc1)C(=O)O)c1nc(-c2ccc(C(F)(F)F)cc2)oc1-c1ccc(-c2ccccc2)cc1. The standard InChI is InChI=1S/C34H27F3N2O4S/c35-34(36,37)27-17-15-26(16-18-27)32-39-30(31(43-32)25-13-11-24(12-14-25)23-9-5-2-6-10-23)29(40)19-38-28(33(41)42)21-44-20-22-7-3-1-4-8-22/h1-18,28,38H,19-21H2,(H,41,42). The Balaban J connectivity index is 1.38. The van der Waals surface area contributed by atoms with Crippen LogP contribution in [0.1, 0.15) is 21.6 Å². The van der Waals surface area contributed by atoms with Crippen LogP contribution in [-0.4, -0.2) is 40.2 Å². The lowest BCUT2D eigenvalue weighted by molar-refractivity contribution is -0.139. The topological polar surface area (TPSA) is 92.4 Å². The van der Waals surface area contributed by atoms with E-state index in [4.69, 9.17) is 4.42 Å². The molecule has 0 fully saturated rings. The molecule has 4 aromatic carbocycles. The Bertz CT molecular complexity index is 1710. The minimum atomic E-state index is -4.51. The second-order valence-corrected chi connectivity index (χ2v) is 10.9. The molecule has 44 heavy (non-hydrogen) atoms. The fraction of sp³-hybridized carbons (Fsp3) is 0.147. The first kappa shape index (κ1) is 30.8. The fourth-order valence-electron chi connectivity index (χ4n) is 4.46. The van der Waals surface area contributed by atoms with Crippen molar-refractivity contribution in [1.82, 2.24) is 10.3 Å². The molecular formula is C34H27F3N2O4S. The third-order valence-electron chi connectivity index (χ3n) is 6.81. The van der Waals surface area contributed by atoms with Crippen molar-refractivity contribution in [2.24, 2.45) is 0 Å². The van der Waals surface area contributed by atoms with E-state index in [-0.39, 0.29) is 35.2 Å². The molecule has 0 bridgehead atoms. The molecular weight excluding hydrogens is 589 g/mol. The van der Waals surface area contributed by atoms with Crippen LogP contribution in [0.25, 0.3) is 33.9 Å². The van der Waals surface area contributed by atoms with Crippen LogP contribution in [0.5, 0.6) is 0 Å². The number of carboxylic acids is 1. The first-order chi connectivity index (χ1) is 21.2. The van der Waals surface area contributed by atoms with Gasteiger partial charge in [-0.1, -0.05) is 84.9 Å². The number of oxazole rings is 1. The number of nitrogens with one attached hydrogen (secondary N) is 1. The lowest BCUT2D eigenvalue weighted by Crippen LogP contribution is -2.41. The zero-order valence-electron chi connectivity index (χ0n) is 23.3. The molecule has 0 saturated carbocycles. The van der Waals surface area contributed by atoms with E-state index in [1.54, 1.807) is 12.1 Å². The van der Waals surface area contributed by atoms with Crippen molar-refractivity contribution in [3.05, 3.63) is 126 Å². The molecule has 0 aliphatic rings. The summed E-state index contributed by atoms with van der Waals surface area (Å²) in [6, 6.07) is 29.9. The molecule has 0 aliphatic carbocycles. The van der Waals surface area contributed by atoms with E-state index in [1.165, 1.54) is 23.9 Å². The number of thioether (sulfide) groups is 1. The van der Waals surface area contributed by atoms with E-state index >= 15 is 0 Å². The Morgan fingerprint density at radius 2 is 1.36 bits per heavy atom. The molecule has 1 aromatic heterocycles. The van der Waals surface area contributed by atoms with Crippen molar-refractivity contribution in [3.63, 3.8) is 0 Å². The number of hydrogen-bond acceptors (Lipinski definition) is 6. The number of carbonyl (C=O) groups excluding carboxylic acids is 1. The molecule has 1 atom stereocenters. The Labute approximate surface area is 256 Å². The Morgan fingerprint density at radius 1 is 0.795 bits per heavy atom. The van der Waals surface area contributed by atoms with Crippen LogP contribution >= 0.6 is 11.8 Å². The van der Waals surface area contributed by atoms with E-state index in [0.717, 1.165) is 28.8 Å². The van der Waals surface area contributed by atoms with Crippen LogP contribution in [0.3, 0.4) is 0 Å². The molecule has 0 amide bonds. The zero-order valence-corrected chi connectivity index (χ0v) is 24.1. The number of carboxylic acid groups (broad SMARTS) is 1. The van der Waals surface area contributed by atoms with Gasteiger partial charge in [0.05, 0.1) is 12.1 Å². The molecule has 0 aliphatic heterocycles. The maximum Gasteiger partial charge on any atom is 0.416 e. The van der Waals surface area contributed by atoms with Crippen molar-refractivity contribution in [2.45, 2.75) is 18.0 Å². The number of halogens is 3. The predicted octanol–water partition coefficient (Wildman–Crippen LogP) is 7.85. The summed E-state index contributed by atoms with van der Waals surface area (Å²) in [6.45, 7) is -0.336. The highest BCUT2D eigenvalue weighted by molar-refractivity contribution is 7.98. The smallest absolute Gasteiger partial charge is 0.416 e. The molecule has 0 spiro atoms. The van der Waals surface area contributed by atoms with Gasteiger partial charge >= 0.3 is 12.1 Å². The highest BCUT2D eigenvalue weighted by Crippen LogP contribution is 2.34. The molecule has 1 heterocycles. The van der Waals surface area contributed by atoms with E-state index in [9.17, 15) is 27.9 Å². The number of Topliss-reactive ketones (excluding diaryl/α,β-unsaturated/α-hetero) is 1. The van der Waals surface area contributed by atoms with Gasteiger partial charge in [-0.25, -0.2) is 4.98 Å². The number of aromatic nitrogens is 1. The Morgan fingerprint density at radius 3 is 1.98 bits per heavy atom. The number of aliphatic carboxylic acids is 1. The number of rotatable bonds is 12. The van der Waals surface area contributed by atoms with E-state index in [0.29, 0.717) is 11.3 Å². The molecule has 5 rings (SSSR count). The molecule has 2 N–H and O–H groups in total. The highest BCUT2D eigenvalue weighted by Gasteiger charge is 2.30. The van der Waals surface area contributed by atoms with Gasteiger partial charge in [-0.05, 0) is 41.0 Å². The van der Waals surface area contributed by atoms with Crippen LogP contribution < -0.4 is 5.32 Å². The van der Waals surface area contributed by atoms with Crippen LogP contribution in [0.4, 0.5) is 13.2 Å². The highest BCUT2D eigenvalue weighted by atomic mass is 32.2. The minimum absolute atomic E-state index is 0.0302. The van der Waals surface area contributed by atoms with Gasteiger partial charge in [0.2, 0.25) is 5.89 Å². The van der Waals surface area contributed by atoms with Crippen LogP contribution in [-0.2, 0) is 16.7 Å². The van der Waals surface area contributed by atoms with Gasteiger partial charge in [-0.3, -0.25) is 14.9 Å². The Hall–Kier alpha value is -4.67. The fourth-order valence-corrected chi connectivity index (χ4v) is 5.50. The number of benzene rings is 4. The van der Waals surface area contributed by atoms with Crippen molar-refractivity contribution in [2.75, 3.05) is 12.3 Å². The molecule has 5 aromatic rings. The van der Waals surface area contributed by atoms with Crippen molar-refractivity contribution < 1.29 is 32.3 Å². The van der Waals surface area contributed by atoms with Crippen molar-refractivity contribution in [3.8, 4) is 33.9 Å². The van der Waals surface area contributed by atoms with Crippen LogP contribution in [0, 0.1) is 0 Å². The van der Waals surface area contributed by atoms with Gasteiger partial charge in [0.15, 0.2) is 17.2 Å². The summed E-state index contributed by atoms with van der Waals surface area (Å²) >= 11 is 1.43. The summed E-state index contributed by atoms with van der Waals surface area (Å²) in [7, 11) is 0. The van der Waals surface area contributed by atoms with E-state index < -0.39 is 29.5 Å². The van der Waals surface area contributed by atoms with E-state index in [2.05, 4.69) is 10.3 Å². The van der Waals surface area contributed by atoms with Gasteiger partial charge in [0.1, 0.15) is 6.04 Å². The van der Waals surface area contributed by atoms with Crippen molar-refractivity contribution >= 4 is 23.5 Å². The lowest BCUT2D eigenvalue weighted by atomic mass is 10.0. The monoisotopic (exact) mass is 616 g/mol. The van der Waals surface area contributed by atoms with Crippen LogP contribution in [0.2, 0.25) is 0 Å². The summed E-state index contributed by atoms with van der Waals surface area (Å²) < 4.78 is 45.3. The first-order valence-electron chi connectivity index (χ1n) is 13.6. The third kappa shape index (κ3) is 7.64. The predicted molar refractivity (Wildman–Crippen MR) is 164 cm³/mol. The van der Waals surface area contributed by atoms with Gasteiger partial charge in [-0.2, -0.15) is 24.9 Å². The molecule has 0 saturated heterocycles. The molecule has 6 nitrogen and oxygen atoms in total. The van der Waals surface area contributed by atoms with Gasteiger partial charge in [0.25, 0.3) is 0 Å². The summed E-state index contributed by atoms with van der Waals surface area (Å²) in [5.41, 5.74) is 2.89. The molecule has 1 unspecified atom stereocenters. The third-order valence-corrected chi connectivity index (χ3v) is 7.91. The lowest BCUT2D eigenvalue weighted by Gasteiger charge is -2.13. The average molecular weight is 617 g/mol. The number of nitrogens with zero attached hydrogens (tertiary/aromatic N) is 1. The Kier molecular flexibility index (Phi) is 9.62. The molecule has 224 valence electrons. The quantitative estimate of drug-likeness (QED) is 0.138. The summed E-state index contributed by atoms with van der Waals surface area (Å²) in [4.78, 5) is 29.7. The first-order valence-corrected chi connectivity index (χ1v) is 14.8. The van der Waals surface area contributed by atoms with Crippen LogP contribution in [0.15, 0.2) is 114 Å². The second-order valence-electron chi connectivity index (χ2n) is 9.91. The maximum absolute atomic E-state index is 13.4. The number of ketones is 1. The number of alkyl halides is 3. The zero-order chi connectivity index (χ0) is 31.1. The van der Waals surface area contributed by atoms with Gasteiger partial charge in [0, 0.05) is 22.6 Å². The number of carbonyl (C=O) groups is 2. The largest absolute Gasteiger partial charge is 0.480 e. The summed E-state index contributed by atoms with van der Waals surface area (Å²) in [6.07, 6.45) is -4.51. The van der Waals surface area contributed by atoms with Crippen molar-refractivity contribution in [1.29, 1.82) is 0 Å². The van der Waals surface area contributed by atoms with Gasteiger partial charge in [-0.15, -0.1) is 0 Å². The average Bonchev–Trinajstić information content (AvgIpc) is 3.49. The minimum Gasteiger partial charge on any atom is -0.480 e. The number of hydrogen-bond donors (Lipinski definition) is 2. The normalized spacial score (nSPS) is 12.2. The second kappa shape index (κ2) is 13.7.